The lowest BCUT2D eigenvalue weighted by atomic mass is 10.2. The first-order chi connectivity index (χ1) is 10.6. The lowest BCUT2D eigenvalue weighted by Gasteiger charge is -2.07. The first-order valence-electron chi connectivity index (χ1n) is 7.18. The maximum Gasteiger partial charge on any atom is 0.247 e. The van der Waals surface area contributed by atoms with E-state index >= 15 is 0 Å². The number of amides is 1. The molecular weight excluding hydrogens is 298 g/mol. The number of alkyl halides is 1. The number of halogens is 1. The molecule has 1 unspecified atom stereocenters. The van der Waals surface area contributed by atoms with E-state index in [0.29, 0.717) is 6.42 Å². The van der Waals surface area contributed by atoms with E-state index in [1.54, 1.807) is 6.21 Å². The van der Waals surface area contributed by atoms with Crippen LogP contribution in [0.3, 0.4) is 0 Å². The van der Waals surface area contributed by atoms with Gasteiger partial charge in [-0.3, -0.25) is 9.79 Å². The van der Waals surface area contributed by atoms with Crippen LogP contribution in [0.4, 0.5) is 11.4 Å². The lowest BCUT2D eigenvalue weighted by Crippen LogP contribution is -2.20. The zero-order valence-electron chi connectivity index (χ0n) is 13.0. The monoisotopic (exact) mass is 319 g/mol. The largest absolute Gasteiger partial charge is 0.386 e. The number of carbonyl (C=O) groups is 1. The second-order valence-electron chi connectivity index (χ2n) is 4.57. The Morgan fingerprint density at radius 1 is 1.45 bits per heavy atom. The van der Waals surface area contributed by atoms with Gasteiger partial charge in [0.2, 0.25) is 5.91 Å². The minimum absolute atomic E-state index is 0.212. The fraction of sp³-hybridized carbons (Fsp3) is 0.294. The number of aliphatic imine (C=N–C) groups is 1. The van der Waals surface area contributed by atoms with Gasteiger partial charge in [-0.15, -0.1) is 11.6 Å². The molecule has 1 aromatic carbocycles. The molecule has 0 heterocycles. The van der Waals surface area contributed by atoms with Gasteiger partial charge < -0.3 is 10.6 Å². The fourth-order valence-electron chi connectivity index (χ4n) is 1.77. The highest BCUT2D eigenvalue weighted by atomic mass is 35.5. The van der Waals surface area contributed by atoms with Crippen molar-refractivity contribution in [2.75, 3.05) is 12.4 Å². The molecule has 0 bridgehead atoms. The van der Waals surface area contributed by atoms with Crippen molar-refractivity contribution in [1.29, 1.82) is 0 Å². The maximum absolute atomic E-state index is 11.3. The molecule has 1 aromatic rings. The maximum atomic E-state index is 11.3. The van der Waals surface area contributed by atoms with Crippen LogP contribution in [-0.2, 0) is 4.79 Å². The van der Waals surface area contributed by atoms with Gasteiger partial charge in [-0.25, -0.2) is 0 Å². The zero-order chi connectivity index (χ0) is 16.4. The number of allylic oxidation sites excluding steroid dienone is 2. The molecule has 0 aliphatic rings. The summed E-state index contributed by atoms with van der Waals surface area (Å²) in [5.74, 6) is -0.212. The molecule has 0 aliphatic carbocycles. The SMILES string of the molecule is C=CC(=O)N/C(=C/CC(Cl)C=Nc1ccccc1NC)CC. The van der Waals surface area contributed by atoms with Crippen LogP contribution in [0.25, 0.3) is 0 Å². The van der Waals surface area contributed by atoms with E-state index in [9.17, 15) is 4.79 Å². The molecule has 0 radical (unpaired) electrons. The van der Waals surface area contributed by atoms with Gasteiger partial charge in [0.25, 0.3) is 0 Å². The van der Waals surface area contributed by atoms with Gasteiger partial charge in [0.05, 0.1) is 16.8 Å². The van der Waals surface area contributed by atoms with E-state index in [1.807, 2.05) is 44.3 Å². The third-order valence-electron chi connectivity index (χ3n) is 2.99. The molecule has 118 valence electrons. The molecule has 0 saturated heterocycles. The van der Waals surface area contributed by atoms with Gasteiger partial charge in [0.15, 0.2) is 0 Å². The van der Waals surface area contributed by atoms with Crippen LogP contribution in [0.2, 0.25) is 0 Å². The van der Waals surface area contributed by atoms with Crippen LogP contribution in [0.1, 0.15) is 19.8 Å². The number of para-hydroxylation sites is 2. The van der Waals surface area contributed by atoms with E-state index in [0.717, 1.165) is 23.5 Å². The fourth-order valence-corrected chi connectivity index (χ4v) is 1.91. The van der Waals surface area contributed by atoms with Crippen molar-refractivity contribution in [3.8, 4) is 0 Å². The molecule has 0 aromatic heterocycles. The smallest absolute Gasteiger partial charge is 0.247 e. The molecular formula is C17H22ClN3O. The standard InChI is InChI=1S/C17H22ClN3O/c1-4-14(21-17(22)5-2)11-10-13(18)12-20-16-9-7-6-8-15(16)19-3/h5-9,11-13,19H,2,4,10H2,1,3H3,(H,21,22)/b14-11+,20-12?. The Hall–Kier alpha value is -2.07. The number of benzene rings is 1. The van der Waals surface area contributed by atoms with Crippen molar-refractivity contribution in [2.24, 2.45) is 4.99 Å². The molecule has 2 N–H and O–H groups in total. The summed E-state index contributed by atoms with van der Waals surface area (Å²) in [4.78, 5) is 15.7. The minimum atomic E-state index is -0.243. The van der Waals surface area contributed by atoms with Gasteiger partial charge in [0, 0.05) is 19.0 Å². The van der Waals surface area contributed by atoms with E-state index in [1.165, 1.54) is 6.08 Å². The molecule has 1 atom stereocenters. The molecule has 0 aliphatic heterocycles. The molecule has 22 heavy (non-hydrogen) atoms. The van der Waals surface area contributed by atoms with Gasteiger partial charge in [0.1, 0.15) is 0 Å². The highest BCUT2D eigenvalue weighted by Crippen LogP contribution is 2.23. The highest BCUT2D eigenvalue weighted by Gasteiger charge is 2.03. The topological polar surface area (TPSA) is 53.5 Å². The number of nitrogens with one attached hydrogen (secondary N) is 2. The molecule has 1 amide bonds. The van der Waals surface area contributed by atoms with E-state index in [-0.39, 0.29) is 11.3 Å². The summed E-state index contributed by atoms with van der Waals surface area (Å²) in [5, 5.41) is 5.59. The van der Waals surface area contributed by atoms with Crippen LogP contribution in [-0.4, -0.2) is 24.5 Å². The van der Waals surface area contributed by atoms with E-state index < -0.39 is 0 Å². The van der Waals surface area contributed by atoms with E-state index in [4.69, 9.17) is 11.6 Å². The molecule has 0 saturated carbocycles. The second-order valence-corrected chi connectivity index (χ2v) is 5.13. The Kier molecular flexibility index (Phi) is 8.00. The second kappa shape index (κ2) is 9.79. The Morgan fingerprint density at radius 2 is 2.18 bits per heavy atom. The van der Waals surface area contributed by atoms with Gasteiger partial charge in [-0.1, -0.05) is 31.7 Å². The van der Waals surface area contributed by atoms with Gasteiger partial charge >= 0.3 is 0 Å². The summed E-state index contributed by atoms with van der Waals surface area (Å²) in [6.07, 6.45) is 6.18. The first-order valence-corrected chi connectivity index (χ1v) is 7.61. The van der Waals surface area contributed by atoms with Gasteiger partial charge in [-0.2, -0.15) is 0 Å². The molecule has 0 fully saturated rings. The van der Waals surface area contributed by atoms with Crippen LogP contribution in [0, 0.1) is 0 Å². The predicted octanol–water partition coefficient (Wildman–Crippen LogP) is 4.02. The van der Waals surface area contributed by atoms with Crippen LogP contribution >= 0.6 is 11.6 Å². The van der Waals surface area contributed by atoms with Crippen LogP contribution in [0.15, 0.2) is 53.7 Å². The number of carbonyl (C=O) groups excluding carboxylic acids is 1. The van der Waals surface area contributed by atoms with Crippen molar-refractivity contribution in [3.05, 3.63) is 48.7 Å². The number of nitrogens with zero attached hydrogens (tertiary/aromatic N) is 1. The molecule has 5 heteroatoms. The zero-order valence-corrected chi connectivity index (χ0v) is 13.7. The summed E-state index contributed by atoms with van der Waals surface area (Å²) in [7, 11) is 1.85. The Labute approximate surface area is 137 Å². The predicted molar refractivity (Wildman–Crippen MR) is 95.1 cm³/mol. The van der Waals surface area contributed by atoms with Crippen molar-refractivity contribution in [2.45, 2.75) is 25.1 Å². The number of rotatable bonds is 8. The molecule has 4 nitrogen and oxygen atoms in total. The number of hydrogen-bond acceptors (Lipinski definition) is 3. The third kappa shape index (κ3) is 6.14. The average Bonchev–Trinajstić information content (AvgIpc) is 2.56. The summed E-state index contributed by atoms with van der Waals surface area (Å²) in [6, 6.07) is 7.75. The summed E-state index contributed by atoms with van der Waals surface area (Å²) < 4.78 is 0. The van der Waals surface area contributed by atoms with Crippen molar-refractivity contribution in [3.63, 3.8) is 0 Å². The Balaban J connectivity index is 2.64. The van der Waals surface area contributed by atoms with Crippen molar-refractivity contribution in [1.82, 2.24) is 5.32 Å². The minimum Gasteiger partial charge on any atom is -0.386 e. The normalized spacial score (nSPS) is 13.0. The molecule has 1 rings (SSSR count). The van der Waals surface area contributed by atoms with E-state index in [2.05, 4.69) is 22.2 Å². The van der Waals surface area contributed by atoms with Crippen LogP contribution < -0.4 is 10.6 Å². The summed E-state index contributed by atoms with van der Waals surface area (Å²) >= 11 is 6.25. The summed E-state index contributed by atoms with van der Waals surface area (Å²) in [5.41, 5.74) is 2.63. The lowest BCUT2D eigenvalue weighted by molar-refractivity contribution is -0.115. The third-order valence-corrected chi connectivity index (χ3v) is 3.28. The van der Waals surface area contributed by atoms with Crippen molar-refractivity contribution >= 4 is 35.1 Å². The first kappa shape index (κ1) is 18.0. The highest BCUT2D eigenvalue weighted by molar-refractivity contribution is 6.28. The number of hydrogen-bond donors (Lipinski definition) is 2. The average molecular weight is 320 g/mol. The summed E-state index contributed by atoms with van der Waals surface area (Å²) in [6.45, 7) is 5.40. The molecule has 0 spiro atoms. The Morgan fingerprint density at radius 3 is 2.82 bits per heavy atom. The quantitative estimate of drug-likeness (QED) is 0.432. The van der Waals surface area contributed by atoms with Crippen LogP contribution in [0.5, 0.6) is 0 Å². The van der Waals surface area contributed by atoms with Gasteiger partial charge in [-0.05, 0) is 31.1 Å². The van der Waals surface area contributed by atoms with Crippen molar-refractivity contribution < 1.29 is 4.79 Å². The Bertz CT molecular complexity index is 567. The number of anilines is 1.